The smallest absolute Gasteiger partial charge is 0.191 e. The van der Waals surface area contributed by atoms with Gasteiger partial charge in [0.15, 0.2) is 5.41 Å². The van der Waals surface area contributed by atoms with E-state index in [-0.39, 0.29) is 17.2 Å². The number of fused-ring (bicyclic) bond motifs is 1. The molecule has 3 atom stereocenters. The van der Waals surface area contributed by atoms with Crippen molar-refractivity contribution in [3.63, 3.8) is 0 Å². The van der Waals surface area contributed by atoms with Crippen molar-refractivity contribution in [3.8, 4) is 18.2 Å². The molecule has 1 aromatic carbocycles. The lowest BCUT2D eigenvalue weighted by Gasteiger charge is -2.43. The normalized spacial score (nSPS) is 25.1. The fourth-order valence-electron chi connectivity index (χ4n) is 4.69. The molecular formula is C23H20N5O+. The van der Waals surface area contributed by atoms with E-state index in [0.717, 1.165) is 24.2 Å². The molecule has 1 aliphatic heterocycles. The lowest BCUT2D eigenvalue weighted by Crippen LogP contribution is -3.12. The molecule has 2 heterocycles. The van der Waals surface area contributed by atoms with E-state index in [2.05, 4.69) is 30.3 Å². The summed E-state index contributed by atoms with van der Waals surface area (Å²) in [5.74, 6) is -0.674. The molecule has 1 unspecified atom stereocenters. The second-order valence-electron chi connectivity index (χ2n) is 7.55. The van der Waals surface area contributed by atoms with Gasteiger partial charge in [-0.15, -0.1) is 0 Å². The van der Waals surface area contributed by atoms with Crippen LogP contribution in [0.4, 0.5) is 0 Å². The summed E-state index contributed by atoms with van der Waals surface area (Å²) in [4.78, 5) is 1.31. The average Bonchev–Trinajstić information content (AvgIpc) is 3.28. The SMILES string of the molecule is N#CC1=C(N)C(C#N)(C#N)[C@@H](c2ccoc2)[C@H]2C[NH+](Cc3ccccc3)CC=C12. The lowest BCUT2D eigenvalue weighted by molar-refractivity contribution is -0.913. The van der Waals surface area contributed by atoms with Gasteiger partial charge in [0.1, 0.15) is 12.6 Å². The molecule has 6 heteroatoms. The number of hydrogen-bond donors (Lipinski definition) is 2. The highest BCUT2D eigenvalue weighted by atomic mass is 16.3. The topological polar surface area (TPSA) is 115 Å². The molecule has 0 spiro atoms. The van der Waals surface area contributed by atoms with Gasteiger partial charge in [-0.3, -0.25) is 0 Å². The van der Waals surface area contributed by atoms with E-state index in [9.17, 15) is 15.8 Å². The molecule has 1 aromatic heterocycles. The Balaban J connectivity index is 1.82. The van der Waals surface area contributed by atoms with Crippen LogP contribution in [0.1, 0.15) is 17.0 Å². The minimum absolute atomic E-state index is 0.0465. The summed E-state index contributed by atoms with van der Waals surface area (Å²) in [7, 11) is 0. The Morgan fingerprint density at radius 1 is 1.14 bits per heavy atom. The minimum Gasteiger partial charge on any atom is -0.472 e. The molecule has 0 saturated carbocycles. The van der Waals surface area contributed by atoms with Crippen molar-refractivity contribution in [2.45, 2.75) is 12.5 Å². The average molecular weight is 382 g/mol. The number of nitrogens with zero attached hydrogens (tertiary/aromatic N) is 3. The van der Waals surface area contributed by atoms with E-state index >= 15 is 0 Å². The predicted octanol–water partition coefficient (Wildman–Crippen LogP) is 1.79. The standard InChI is InChI=1S/C23H19N5O/c24-10-19-18-6-8-28(11-16-4-2-1-3-5-16)12-20(18)21(17-7-9-29-13-17)23(14-25,15-26)22(19)27/h1-7,9,13,20-21H,8,11-12,27H2/p+1/t20-,21-/m0/s1. The van der Waals surface area contributed by atoms with E-state index in [0.29, 0.717) is 6.54 Å². The molecule has 0 radical (unpaired) electrons. The van der Waals surface area contributed by atoms with Crippen molar-refractivity contribution in [2.24, 2.45) is 17.1 Å². The molecule has 2 aliphatic rings. The maximum Gasteiger partial charge on any atom is 0.191 e. The van der Waals surface area contributed by atoms with Crippen molar-refractivity contribution < 1.29 is 9.32 Å². The summed E-state index contributed by atoms with van der Waals surface area (Å²) in [6.07, 6.45) is 5.15. The molecule has 142 valence electrons. The summed E-state index contributed by atoms with van der Waals surface area (Å²) in [6.45, 7) is 2.27. The number of nitriles is 3. The predicted molar refractivity (Wildman–Crippen MR) is 104 cm³/mol. The Labute approximate surface area is 169 Å². The van der Waals surface area contributed by atoms with E-state index in [1.54, 1.807) is 12.3 Å². The molecule has 0 fully saturated rings. The van der Waals surface area contributed by atoms with Gasteiger partial charge in [-0.1, -0.05) is 30.3 Å². The van der Waals surface area contributed by atoms with Crippen LogP contribution in [-0.2, 0) is 6.54 Å². The fraction of sp³-hybridized carbons (Fsp3) is 0.261. The summed E-state index contributed by atoms with van der Waals surface area (Å²) in [5.41, 5.74) is 7.82. The van der Waals surface area contributed by atoms with Crippen LogP contribution in [0.5, 0.6) is 0 Å². The number of nitrogens with two attached hydrogens (primary N) is 1. The highest BCUT2D eigenvalue weighted by molar-refractivity contribution is 5.58. The minimum atomic E-state index is -1.61. The van der Waals surface area contributed by atoms with Crippen molar-refractivity contribution in [1.29, 1.82) is 15.8 Å². The van der Waals surface area contributed by atoms with Gasteiger partial charge in [-0.25, -0.2) is 0 Å². The molecule has 0 amide bonds. The Kier molecular flexibility index (Phi) is 4.69. The highest BCUT2D eigenvalue weighted by Crippen LogP contribution is 2.53. The molecule has 2 aromatic rings. The summed E-state index contributed by atoms with van der Waals surface area (Å²) in [5, 5.41) is 29.8. The Morgan fingerprint density at radius 2 is 1.90 bits per heavy atom. The number of hydrogen-bond acceptors (Lipinski definition) is 5. The third-order valence-corrected chi connectivity index (χ3v) is 6.03. The Hall–Kier alpha value is -3.79. The molecule has 0 bridgehead atoms. The molecular weight excluding hydrogens is 362 g/mol. The van der Waals surface area contributed by atoms with Crippen LogP contribution in [0.3, 0.4) is 0 Å². The zero-order valence-electron chi connectivity index (χ0n) is 15.8. The Morgan fingerprint density at radius 3 is 2.52 bits per heavy atom. The molecule has 3 N–H and O–H groups in total. The molecule has 29 heavy (non-hydrogen) atoms. The van der Waals surface area contributed by atoms with Crippen LogP contribution in [0.2, 0.25) is 0 Å². The van der Waals surface area contributed by atoms with Gasteiger partial charge in [0.05, 0.1) is 49.0 Å². The first-order valence-corrected chi connectivity index (χ1v) is 9.47. The zero-order chi connectivity index (χ0) is 20.4. The third kappa shape index (κ3) is 2.90. The van der Waals surface area contributed by atoms with Crippen molar-refractivity contribution in [2.75, 3.05) is 13.1 Å². The number of benzene rings is 1. The fourth-order valence-corrected chi connectivity index (χ4v) is 4.69. The van der Waals surface area contributed by atoms with E-state index in [4.69, 9.17) is 10.2 Å². The first-order chi connectivity index (χ1) is 14.1. The van der Waals surface area contributed by atoms with Crippen LogP contribution >= 0.6 is 0 Å². The maximum atomic E-state index is 10.0. The zero-order valence-corrected chi connectivity index (χ0v) is 15.8. The van der Waals surface area contributed by atoms with E-state index in [1.165, 1.54) is 16.7 Å². The van der Waals surface area contributed by atoms with Crippen molar-refractivity contribution >= 4 is 0 Å². The summed E-state index contributed by atoms with van der Waals surface area (Å²) < 4.78 is 5.27. The van der Waals surface area contributed by atoms with Crippen LogP contribution in [-0.4, -0.2) is 13.1 Å². The van der Waals surface area contributed by atoms with Crippen molar-refractivity contribution in [1.82, 2.24) is 0 Å². The van der Waals surface area contributed by atoms with Gasteiger partial charge in [-0.2, -0.15) is 15.8 Å². The first kappa shape index (κ1) is 18.6. The van der Waals surface area contributed by atoms with Gasteiger partial charge in [-0.05, 0) is 23.3 Å². The second kappa shape index (κ2) is 7.32. The Bertz CT molecular complexity index is 1080. The molecule has 1 aliphatic carbocycles. The molecule has 0 saturated heterocycles. The van der Waals surface area contributed by atoms with Gasteiger partial charge < -0.3 is 15.1 Å². The highest BCUT2D eigenvalue weighted by Gasteiger charge is 2.55. The number of rotatable bonds is 3. The second-order valence-corrected chi connectivity index (χ2v) is 7.55. The van der Waals surface area contributed by atoms with Crippen LogP contribution in [0, 0.1) is 45.3 Å². The largest absolute Gasteiger partial charge is 0.472 e. The summed E-state index contributed by atoms with van der Waals surface area (Å²) >= 11 is 0. The van der Waals surface area contributed by atoms with E-state index < -0.39 is 11.3 Å². The van der Waals surface area contributed by atoms with Crippen LogP contribution < -0.4 is 10.6 Å². The lowest BCUT2D eigenvalue weighted by atomic mass is 9.58. The monoisotopic (exact) mass is 382 g/mol. The van der Waals surface area contributed by atoms with Gasteiger partial charge in [0, 0.05) is 17.4 Å². The number of furan rings is 1. The molecule has 6 nitrogen and oxygen atoms in total. The number of quaternary nitrogens is 1. The van der Waals surface area contributed by atoms with Crippen molar-refractivity contribution in [3.05, 3.63) is 83.0 Å². The van der Waals surface area contributed by atoms with Crippen LogP contribution in [0.15, 0.2) is 76.3 Å². The number of nitrogens with one attached hydrogen (secondary N) is 1. The molecule has 4 rings (SSSR count). The quantitative estimate of drug-likeness (QED) is 0.840. The van der Waals surface area contributed by atoms with E-state index in [1.807, 2.05) is 24.3 Å². The van der Waals surface area contributed by atoms with Gasteiger partial charge >= 0.3 is 0 Å². The first-order valence-electron chi connectivity index (χ1n) is 9.47. The number of allylic oxidation sites excluding steroid dienone is 2. The summed E-state index contributed by atoms with van der Waals surface area (Å²) in [6, 6.07) is 18.4. The maximum absolute atomic E-state index is 10.0. The van der Waals surface area contributed by atoms with Crippen LogP contribution in [0.25, 0.3) is 0 Å². The third-order valence-electron chi connectivity index (χ3n) is 6.03. The van der Waals surface area contributed by atoms with Gasteiger partial charge in [0.25, 0.3) is 0 Å². The van der Waals surface area contributed by atoms with Gasteiger partial charge in [0.2, 0.25) is 0 Å².